The van der Waals surface area contributed by atoms with Crippen LogP contribution in [0.5, 0.6) is 5.75 Å². The van der Waals surface area contributed by atoms with E-state index in [1.54, 1.807) is 0 Å². The first-order valence-corrected chi connectivity index (χ1v) is 7.90. The molecule has 0 spiro atoms. The molecule has 0 amide bonds. The second-order valence-corrected chi connectivity index (χ2v) is 5.09. The third-order valence-corrected chi connectivity index (χ3v) is 3.43. The van der Waals surface area contributed by atoms with Crippen LogP contribution < -0.4 is 10.1 Å². The fourth-order valence-electron chi connectivity index (χ4n) is 2.34. The molecule has 0 aliphatic rings. The average Bonchev–Trinajstić information content (AvgIpc) is 2.55. The van der Waals surface area contributed by atoms with Crippen LogP contribution in [0.1, 0.15) is 30.5 Å². The van der Waals surface area contributed by atoms with Crippen molar-refractivity contribution in [2.24, 2.45) is 0 Å². The SMILES string of the molecule is CCOCc1ccccc1CNCc1cccc(OCC)c1. The molecule has 0 saturated carbocycles. The Bertz CT molecular complexity index is 569. The molecule has 3 heteroatoms. The Hall–Kier alpha value is -1.84. The molecular formula is C19H25NO2. The maximum atomic E-state index is 5.53. The van der Waals surface area contributed by atoms with Gasteiger partial charge in [-0.2, -0.15) is 0 Å². The van der Waals surface area contributed by atoms with Gasteiger partial charge < -0.3 is 14.8 Å². The Morgan fingerprint density at radius 2 is 1.68 bits per heavy atom. The summed E-state index contributed by atoms with van der Waals surface area (Å²) in [6, 6.07) is 16.6. The van der Waals surface area contributed by atoms with E-state index in [4.69, 9.17) is 9.47 Å². The third-order valence-electron chi connectivity index (χ3n) is 3.43. The first-order valence-electron chi connectivity index (χ1n) is 7.90. The van der Waals surface area contributed by atoms with E-state index >= 15 is 0 Å². The zero-order chi connectivity index (χ0) is 15.6. The second kappa shape index (κ2) is 9.23. The van der Waals surface area contributed by atoms with E-state index in [1.807, 2.05) is 26.0 Å². The summed E-state index contributed by atoms with van der Waals surface area (Å²) in [5.74, 6) is 0.929. The first-order chi connectivity index (χ1) is 10.8. The maximum Gasteiger partial charge on any atom is 0.119 e. The quantitative estimate of drug-likeness (QED) is 0.761. The summed E-state index contributed by atoms with van der Waals surface area (Å²) in [5.41, 5.74) is 3.77. The van der Waals surface area contributed by atoms with E-state index in [0.717, 1.165) is 25.4 Å². The summed E-state index contributed by atoms with van der Waals surface area (Å²) in [6.07, 6.45) is 0. The zero-order valence-electron chi connectivity index (χ0n) is 13.5. The van der Waals surface area contributed by atoms with Gasteiger partial charge in [0, 0.05) is 19.7 Å². The smallest absolute Gasteiger partial charge is 0.119 e. The van der Waals surface area contributed by atoms with Crippen molar-refractivity contribution in [3.8, 4) is 5.75 Å². The lowest BCUT2D eigenvalue weighted by Crippen LogP contribution is -2.14. The van der Waals surface area contributed by atoms with Crippen LogP contribution in [-0.4, -0.2) is 13.2 Å². The molecule has 1 N–H and O–H groups in total. The number of hydrogen-bond acceptors (Lipinski definition) is 3. The Labute approximate surface area is 133 Å². The van der Waals surface area contributed by atoms with E-state index in [9.17, 15) is 0 Å². The van der Waals surface area contributed by atoms with Gasteiger partial charge in [0.15, 0.2) is 0 Å². The Kier molecular flexibility index (Phi) is 6.94. The molecule has 0 saturated heterocycles. The van der Waals surface area contributed by atoms with Crippen molar-refractivity contribution in [3.05, 3.63) is 65.2 Å². The third kappa shape index (κ3) is 5.17. The lowest BCUT2D eigenvalue weighted by atomic mass is 10.1. The minimum Gasteiger partial charge on any atom is -0.494 e. The molecular weight excluding hydrogens is 274 g/mol. The van der Waals surface area contributed by atoms with Crippen molar-refractivity contribution in [1.29, 1.82) is 0 Å². The Balaban J connectivity index is 1.89. The molecule has 0 aliphatic carbocycles. The first kappa shape index (κ1) is 16.5. The molecule has 118 valence electrons. The average molecular weight is 299 g/mol. The molecule has 0 heterocycles. The highest BCUT2D eigenvalue weighted by Gasteiger charge is 2.02. The highest BCUT2D eigenvalue weighted by Crippen LogP contribution is 2.14. The van der Waals surface area contributed by atoms with Gasteiger partial charge in [-0.1, -0.05) is 36.4 Å². The van der Waals surface area contributed by atoms with E-state index in [1.165, 1.54) is 16.7 Å². The van der Waals surface area contributed by atoms with Gasteiger partial charge in [0.1, 0.15) is 5.75 Å². The van der Waals surface area contributed by atoms with E-state index in [-0.39, 0.29) is 0 Å². The topological polar surface area (TPSA) is 30.5 Å². The standard InChI is InChI=1S/C19H25NO2/c1-3-21-15-18-10-6-5-9-17(18)14-20-13-16-8-7-11-19(12-16)22-4-2/h5-12,20H,3-4,13-15H2,1-2H3. The van der Waals surface area contributed by atoms with Gasteiger partial charge >= 0.3 is 0 Å². The second-order valence-electron chi connectivity index (χ2n) is 5.09. The van der Waals surface area contributed by atoms with Gasteiger partial charge in [-0.15, -0.1) is 0 Å². The molecule has 0 bridgehead atoms. The summed E-state index contributed by atoms with van der Waals surface area (Å²) in [7, 11) is 0. The molecule has 0 aliphatic heterocycles. The number of rotatable bonds is 9. The summed E-state index contributed by atoms with van der Waals surface area (Å²) in [6.45, 7) is 7.79. The van der Waals surface area contributed by atoms with Gasteiger partial charge in [-0.05, 0) is 42.7 Å². The van der Waals surface area contributed by atoms with Crippen LogP contribution in [0.25, 0.3) is 0 Å². The van der Waals surface area contributed by atoms with Crippen molar-refractivity contribution in [3.63, 3.8) is 0 Å². The van der Waals surface area contributed by atoms with Crippen LogP contribution in [-0.2, 0) is 24.4 Å². The van der Waals surface area contributed by atoms with Gasteiger partial charge in [0.2, 0.25) is 0 Å². The molecule has 0 radical (unpaired) electrons. The van der Waals surface area contributed by atoms with Crippen LogP contribution in [0.2, 0.25) is 0 Å². The maximum absolute atomic E-state index is 5.53. The van der Waals surface area contributed by atoms with E-state index < -0.39 is 0 Å². The minimum absolute atomic E-state index is 0.675. The fraction of sp³-hybridized carbons (Fsp3) is 0.368. The Morgan fingerprint density at radius 1 is 0.864 bits per heavy atom. The van der Waals surface area contributed by atoms with Crippen molar-refractivity contribution in [2.45, 2.75) is 33.5 Å². The monoisotopic (exact) mass is 299 g/mol. The molecule has 0 aromatic heterocycles. The molecule has 0 unspecified atom stereocenters. The van der Waals surface area contributed by atoms with Gasteiger partial charge in [0.25, 0.3) is 0 Å². The van der Waals surface area contributed by atoms with Crippen molar-refractivity contribution >= 4 is 0 Å². The molecule has 2 aromatic rings. The van der Waals surface area contributed by atoms with E-state index in [2.05, 4.69) is 41.7 Å². The van der Waals surface area contributed by atoms with Crippen LogP contribution >= 0.6 is 0 Å². The molecule has 2 rings (SSSR count). The molecule has 3 nitrogen and oxygen atoms in total. The highest BCUT2D eigenvalue weighted by molar-refractivity contribution is 5.29. The summed E-state index contributed by atoms with van der Waals surface area (Å²) >= 11 is 0. The van der Waals surface area contributed by atoms with Gasteiger partial charge in [-0.3, -0.25) is 0 Å². The van der Waals surface area contributed by atoms with Gasteiger partial charge in [-0.25, -0.2) is 0 Å². The molecule has 0 atom stereocenters. The number of ether oxygens (including phenoxy) is 2. The number of benzene rings is 2. The van der Waals surface area contributed by atoms with Crippen LogP contribution in [0.4, 0.5) is 0 Å². The summed E-state index contributed by atoms with van der Waals surface area (Å²) in [4.78, 5) is 0. The normalized spacial score (nSPS) is 10.6. The largest absolute Gasteiger partial charge is 0.494 e. The lowest BCUT2D eigenvalue weighted by molar-refractivity contribution is 0.133. The lowest BCUT2D eigenvalue weighted by Gasteiger charge is -2.11. The number of hydrogen-bond donors (Lipinski definition) is 1. The van der Waals surface area contributed by atoms with Crippen molar-refractivity contribution in [1.82, 2.24) is 5.32 Å². The fourth-order valence-corrected chi connectivity index (χ4v) is 2.34. The zero-order valence-corrected chi connectivity index (χ0v) is 13.5. The summed E-state index contributed by atoms with van der Waals surface area (Å²) < 4.78 is 11.1. The van der Waals surface area contributed by atoms with Gasteiger partial charge in [0.05, 0.1) is 13.2 Å². The highest BCUT2D eigenvalue weighted by atomic mass is 16.5. The summed E-state index contributed by atoms with van der Waals surface area (Å²) in [5, 5.41) is 3.49. The number of nitrogens with one attached hydrogen (secondary N) is 1. The minimum atomic E-state index is 0.675. The Morgan fingerprint density at radius 3 is 2.45 bits per heavy atom. The van der Waals surface area contributed by atoms with Crippen molar-refractivity contribution in [2.75, 3.05) is 13.2 Å². The molecule has 2 aromatic carbocycles. The van der Waals surface area contributed by atoms with Crippen molar-refractivity contribution < 1.29 is 9.47 Å². The van der Waals surface area contributed by atoms with Crippen LogP contribution in [0.3, 0.4) is 0 Å². The molecule has 22 heavy (non-hydrogen) atoms. The van der Waals surface area contributed by atoms with Crippen LogP contribution in [0.15, 0.2) is 48.5 Å². The predicted octanol–water partition coefficient (Wildman–Crippen LogP) is 3.91. The van der Waals surface area contributed by atoms with E-state index in [0.29, 0.717) is 13.2 Å². The van der Waals surface area contributed by atoms with Crippen LogP contribution in [0, 0.1) is 0 Å². The predicted molar refractivity (Wildman–Crippen MR) is 89.9 cm³/mol. The molecule has 0 fully saturated rings.